The van der Waals surface area contributed by atoms with Crippen LogP contribution < -0.4 is 15.4 Å². The molecule has 3 amide bonds. The Morgan fingerprint density at radius 3 is 2.64 bits per heavy atom. The second kappa shape index (κ2) is 16.1. The summed E-state index contributed by atoms with van der Waals surface area (Å²) in [5.41, 5.74) is 1.55. The van der Waals surface area contributed by atoms with Gasteiger partial charge in [-0.3, -0.25) is 4.79 Å². The smallest absolute Gasteiger partial charge is 0.323 e. The summed E-state index contributed by atoms with van der Waals surface area (Å²) in [6, 6.07) is 7.00. The third-order valence-corrected chi connectivity index (χ3v) is 11.4. The summed E-state index contributed by atoms with van der Waals surface area (Å²) in [6.45, 7) is 9.33. The van der Waals surface area contributed by atoms with E-state index < -0.39 is 34.1 Å². The summed E-state index contributed by atoms with van der Waals surface area (Å²) in [4.78, 5) is 28.8. The molecule has 2 aromatic heterocycles. The van der Waals surface area contributed by atoms with Crippen molar-refractivity contribution < 1.29 is 37.1 Å². The van der Waals surface area contributed by atoms with Crippen LogP contribution in [-0.2, 0) is 14.8 Å². The maximum absolute atomic E-state index is 14.3. The maximum Gasteiger partial charge on any atom is 0.323 e. The number of anilines is 2. The predicted molar refractivity (Wildman–Crippen MR) is 180 cm³/mol. The van der Waals surface area contributed by atoms with Crippen molar-refractivity contribution in [2.75, 3.05) is 44.0 Å². The molecule has 0 aliphatic carbocycles. The van der Waals surface area contributed by atoms with Crippen molar-refractivity contribution in [1.29, 1.82) is 0 Å². The molecule has 3 aromatic rings. The van der Waals surface area contributed by atoms with Gasteiger partial charge in [-0.25, -0.2) is 13.2 Å². The minimum absolute atomic E-state index is 0.0847. The topological polar surface area (TPSA) is 164 Å². The van der Waals surface area contributed by atoms with Gasteiger partial charge in [0.05, 0.1) is 30.4 Å². The molecule has 1 aromatic carbocycles. The highest BCUT2D eigenvalue weighted by atomic mass is 32.2. The lowest BCUT2D eigenvalue weighted by atomic mass is 10.0. The number of nitrogens with one attached hydrogen (secondary N) is 2. The molecule has 1 aliphatic rings. The third-order valence-electron chi connectivity index (χ3n) is 8.18. The molecule has 0 bridgehead atoms. The van der Waals surface area contributed by atoms with E-state index in [2.05, 4.69) is 15.8 Å². The van der Waals surface area contributed by atoms with Crippen molar-refractivity contribution in [1.82, 2.24) is 14.4 Å². The van der Waals surface area contributed by atoms with Gasteiger partial charge in [0.25, 0.3) is 15.9 Å². The van der Waals surface area contributed by atoms with E-state index >= 15 is 0 Å². The van der Waals surface area contributed by atoms with Crippen molar-refractivity contribution in [2.24, 2.45) is 5.92 Å². The number of carbonyl (C=O) groups excluding carboxylic acids is 2. The van der Waals surface area contributed by atoms with Crippen LogP contribution in [0.25, 0.3) is 0 Å². The number of likely N-dealkylation sites (N-methyl/N-ethyl adjacent to an activating group) is 1. The molecular weight excluding hydrogens is 647 g/mol. The van der Waals surface area contributed by atoms with Crippen molar-refractivity contribution >= 4 is 44.7 Å². The van der Waals surface area contributed by atoms with Crippen molar-refractivity contribution in [3.8, 4) is 5.75 Å². The first-order chi connectivity index (χ1) is 22.3. The Balaban J connectivity index is 1.63. The monoisotopic (exact) mass is 691 g/mol. The minimum Gasteiger partial charge on any atom is -0.490 e. The number of aryl methyl sites for hydroxylation is 2. The predicted octanol–water partition coefficient (Wildman–Crippen LogP) is 5.11. The zero-order valence-corrected chi connectivity index (χ0v) is 29.3. The molecule has 13 nitrogen and oxygen atoms in total. The quantitative estimate of drug-likeness (QED) is 0.291. The summed E-state index contributed by atoms with van der Waals surface area (Å²) < 4.78 is 45.7. The minimum atomic E-state index is -3.72. The van der Waals surface area contributed by atoms with Gasteiger partial charge >= 0.3 is 6.03 Å². The summed E-state index contributed by atoms with van der Waals surface area (Å²) in [5, 5.41) is 21.3. The lowest BCUT2D eigenvalue weighted by Crippen LogP contribution is -2.48. The van der Waals surface area contributed by atoms with Crippen LogP contribution in [0.4, 0.5) is 16.2 Å². The van der Waals surface area contributed by atoms with Crippen LogP contribution in [0.2, 0.25) is 0 Å². The van der Waals surface area contributed by atoms with E-state index in [0.717, 1.165) is 24.2 Å². The Bertz CT molecular complexity index is 1590. The van der Waals surface area contributed by atoms with Crippen LogP contribution in [0.5, 0.6) is 5.75 Å². The number of hydrogen-bond acceptors (Lipinski definition) is 10. The number of thiophene rings is 1. The van der Waals surface area contributed by atoms with Crippen molar-refractivity contribution in [3.05, 3.63) is 52.7 Å². The molecule has 4 atom stereocenters. The number of hydrogen-bond donors (Lipinski definition) is 3. The van der Waals surface area contributed by atoms with Crippen LogP contribution in [-0.4, -0.2) is 91.4 Å². The molecular formula is C32H45N5O8S2. The molecule has 15 heteroatoms. The number of carbonyl (C=O) groups is 2. The van der Waals surface area contributed by atoms with Crippen LogP contribution in [0.1, 0.15) is 61.8 Å². The van der Waals surface area contributed by atoms with Gasteiger partial charge in [-0.1, -0.05) is 18.1 Å². The number of aliphatic hydroxyl groups is 1. The number of rotatable bonds is 8. The number of amides is 3. The fraction of sp³-hybridized carbons (Fsp3) is 0.531. The molecule has 0 unspecified atom stereocenters. The van der Waals surface area contributed by atoms with E-state index in [1.165, 1.54) is 11.4 Å². The summed E-state index contributed by atoms with van der Waals surface area (Å²) >= 11 is 1.15. The van der Waals surface area contributed by atoms with E-state index in [0.29, 0.717) is 41.6 Å². The SMILES string of the molecule is Cc1noc(C)c1NC(=O)Nc1ccc2c(c1)C(=O)N([C@@H](C)CO)C[C@H](C)[C@H](CN(C)S(=O)(=O)c1cccs1)OCCCC[C@@H](C)O2. The molecule has 258 valence electrons. The first-order valence-corrected chi connectivity index (χ1v) is 18.0. The maximum atomic E-state index is 14.3. The molecule has 3 N–H and O–H groups in total. The van der Waals surface area contributed by atoms with Crippen LogP contribution >= 0.6 is 11.3 Å². The van der Waals surface area contributed by atoms with Crippen LogP contribution in [0.15, 0.2) is 44.4 Å². The lowest BCUT2D eigenvalue weighted by molar-refractivity contribution is -0.00832. The van der Waals surface area contributed by atoms with E-state index in [-0.39, 0.29) is 41.5 Å². The van der Waals surface area contributed by atoms with Gasteiger partial charge < -0.3 is 34.6 Å². The number of fused-ring (bicyclic) bond motifs is 1. The fourth-order valence-corrected chi connectivity index (χ4v) is 7.70. The van der Waals surface area contributed by atoms with E-state index in [1.807, 2.05) is 13.8 Å². The molecule has 0 fully saturated rings. The van der Waals surface area contributed by atoms with Crippen LogP contribution in [0, 0.1) is 19.8 Å². The Morgan fingerprint density at radius 1 is 1.21 bits per heavy atom. The number of aliphatic hydroxyl groups excluding tert-OH is 1. The zero-order valence-electron chi connectivity index (χ0n) is 27.7. The van der Waals surface area contributed by atoms with E-state index in [1.54, 1.807) is 61.4 Å². The molecule has 0 saturated carbocycles. The summed E-state index contributed by atoms with van der Waals surface area (Å²) in [7, 11) is -2.19. The highest BCUT2D eigenvalue weighted by Crippen LogP contribution is 2.29. The van der Waals surface area contributed by atoms with E-state index in [4.69, 9.17) is 14.0 Å². The standard InChI is InChI=1S/C32H45N5O8S2/c1-20-17-37(21(2)19-38)31(39)26-16-25(33-32(40)34-30-23(4)35-45-24(30)5)12-13-27(26)44-22(3)10-7-8-14-43-28(20)18-36(6)47(41,42)29-11-9-15-46-29/h9,11-13,15-16,20-22,28,38H,7-8,10,14,17-19H2,1-6H3,(H2,33,34,40)/t20-,21-,22+,28-/m0/s1. The number of nitrogens with zero attached hydrogens (tertiary/aromatic N) is 3. The molecule has 0 radical (unpaired) electrons. The van der Waals surface area contributed by atoms with E-state index in [9.17, 15) is 23.1 Å². The molecule has 47 heavy (non-hydrogen) atoms. The summed E-state index contributed by atoms with van der Waals surface area (Å²) in [5.74, 6) is 0.0847. The van der Waals surface area contributed by atoms with Crippen molar-refractivity contribution in [2.45, 2.75) is 76.3 Å². The first-order valence-electron chi connectivity index (χ1n) is 15.7. The fourth-order valence-electron chi connectivity index (χ4n) is 5.32. The number of ether oxygens (including phenoxy) is 2. The Labute approximate surface area is 280 Å². The molecule has 0 spiro atoms. The number of sulfonamides is 1. The number of urea groups is 1. The van der Waals surface area contributed by atoms with Gasteiger partial charge in [0.2, 0.25) is 0 Å². The van der Waals surface area contributed by atoms with Gasteiger partial charge in [0.1, 0.15) is 21.3 Å². The molecule has 0 saturated heterocycles. The first kappa shape index (κ1) is 36.3. The van der Waals surface area contributed by atoms with Crippen LogP contribution in [0.3, 0.4) is 0 Å². The van der Waals surface area contributed by atoms with Gasteiger partial charge in [-0.15, -0.1) is 11.3 Å². The number of benzene rings is 1. The molecule has 4 rings (SSSR count). The molecule has 1 aliphatic heterocycles. The second-order valence-corrected chi connectivity index (χ2v) is 15.2. The highest BCUT2D eigenvalue weighted by Gasteiger charge is 2.32. The van der Waals surface area contributed by atoms with Gasteiger partial charge in [0.15, 0.2) is 5.76 Å². The summed E-state index contributed by atoms with van der Waals surface area (Å²) in [6.07, 6.45) is 1.47. The Kier molecular flexibility index (Phi) is 12.4. The average molecular weight is 692 g/mol. The largest absolute Gasteiger partial charge is 0.490 e. The highest BCUT2D eigenvalue weighted by molar-refractivity contribution is 7.91. The number of aromatic nitrogens is 1. The normalized spacial score (nSPS) is 20.6. The van der Waals surface area contributed by atoms with Gasteiger partial charge in [-0.05, 0) is 76.6 Å². The van der Waals surface area contributed by atoms with Crippen molar-refractivity contribution in [3.63, 3.8) is 0 Å². The molecule has 3 heterocycles. The Morgan fingerprint density at radius 2 is 1.98 bits per heavy atom. The van der Waals surface area contributed by atoms with Gasteiger partial charge in [0, 0.05) is 38.3 Å². The zero-order chi connectivity index (χ0) is 34.3. The van der Waals surface area contributed by atoms with Gasteiger partial charge in [-0.2, -0.15) is 4.31 Å². The third kappa shape index (κ3) is 9.11. The average Bonchev–Trinajstić information content (AvgIpc) is 3.69. The lowest BCUT2D eigenvalue weighted by Gasteiger charge is -2.35. The Hall–Kier alpha value is -3.50. The second-order valence-electron chi connectivity index (χ2n) is 12.0.